The first-order chi connectivity index (χ1) is 10.4. The van der Waals surface area contributed by atoms with E-state index in [0.717, 1.165) is 15.0 Å². The second kappa shape index (κ2) is 5.36. The zero-order valence-electron chi connectivity index (χ0n) is 11.4. The molecule has 3 rings (SSSR count). The molecule has 116 valence electrons. The summed E-state index contributed by atoms with van der Waals surface area (Å²) >= 11 is 1.28. The van der Waals surface area contributed by atoms with E-state index in [-0.39, 0.29) is 12.3 Å². The summed E-state index contributed by atoms with van der Waals surface area (Å²) in [6.07, 6.45) is 0. The Bertz CT molecular complexity index is 822. The topological polar surface area (TPSA) is 91.8 Å². The number of benzene rings is 1. The number of nitrogens with zero attached hydrogens (tertiary/aromatic N) is 1. The lowest BCUT2D eigenvalue weighted by Gasteiger charge is -2.32. The number of aliphatic carboxylic acids is 1. The number of amides is 1. The van der Waals surface area contributed by atoms with Crippen molar-refractivity contribution >= 4 is 43.1 Å². The molecule has 1 amide bonds. The van der Waals surface area contributed by atoms with Crippen molar-refractivity contribution in [3.8, 4) is 0 Å². The Morgan fingerprint density at radius 1 is 1.27 bits per heavy atom. The fourth-order valence-electron chi connectivity index (χ4n) is 2.48. The number of fused-ring (bicyclic) bond motifs is 1. The Hall–Kier alpha value is -1.93. The molecule has 1 aromatic carbocycles. The number of rotatable bonds is 2. The highest BCUT2D eigenvalue weighted by Crippen LogP contribution is 2.27. The Balaban J connectivity index is 1.94. The molecule has 0 radical (unpaired) electrons. The van der Waals surface area contributed by atoms with Crippen LogP contribution in [-0.4, -0.2) is 54.4 Å². The number of carboxylic acid groups (broad SMARTS) is 1. The van der Waals surface area contributed by atoms with Crippen LogP contribution in [0.5, 0.6) is 0 Å². The quantitative estimate of drug-likeness (QED) is 0.888. The summed E-state index contributed by atoms with van der Waals surface area (Å²) < 4.78 is 24.2. The van der Waals surface area contributed by atoms with Crippen molar-refractivity contribution in [1.29, 1.82) is 0 Å². The molecule has 1 fully saturated rings. The highest BCUT2D eigenvalue weighted by molar-refractivity contribution is 7.91. The smallest absolute Gasteiger partial charge is 0.327 e. The van der Waals surface area contributed by atoms with Crippen LogP contribution in [0.25, 0.3) is 10.1 Å². The maximum absolute atomic E-state index is 12.6. The van der Waals surface area contributed by atoms with E-state index in [1.807, 2.05) is 24.3 Å². The highest BCUT2D eigenvalue weighted by atomic mass is 32.2. The van der Waals surface area contributed by atoms with Crippen LogP contribution in [0, 0.1) is 0 Å². The van der Waals surface area contributed by atoms with Crippen molar-refractivity contribution in [3.63, 3.8) is 0 Å². The second-order valence-corrected chi connectivity index (χ2v) is 8.43. The molecule has 1 N–H and O–H groups in total. The average Bonchev–Trinajstić information content (AvgIpc) is 2.89. The molecule has 1 atom stereocenters. The van der Waals surface area contributed by atoms with Gasteiger partial charge in [-0.2, -0.15) is 0 Å². The van der Waals surface area contributed by atoms with Gasteiger partial charge >= 0.3 is 5.97 Å². The molecular formula is C14H13NO5S2. The lowest BCUT2D eigenvalue weighted by Crippen LogP contribution is -2.54. The van der Waals surface area contributed by atoms with Crippen molar-refractivity contribution < 1.29 is 23.1 Å². The predicted molar refractivity (Wildman–Crippen MR) is 82.9 cm³/mol. The van der Waals surface area contributed by atoms with Crippen LogP contribution >= 0.6 is 11.3 Å². The molecular weight excluding hydrogens is 326 g/mol. The molecule has 1 saturated heterocycles. The van der Waals surface area contributed by atoms with Gasteiger partial charge in [0.1, 0.15) is 6.04 Å². The van der Waals surface area contributed by atoms with Crippen molar-refractivity contribution in [2.45, 2.75) is 6.04 Å². The Morgan fingerprint density at radius 3 is 2.68 bits per heavy atom. The van der Waals surface area contributed by atoms with Gasteiger partial charge in [-0.1, -0.05) is 18.2 Å². The van der Waals surface area contributed by atoms with Gasteiger partial charge in [0.25, 0.3) is 5.91 Å². The molecule has 1 aliphatic heterocycles. The Morgan fingerprint density at radius 2 is 2.00 bits per heavy atom. The zero-order chi connectivity index (χ0) is 15.9. The molecule has 0 saturated carbocycles. The van der Waals surface area contributed by atoms with Gasteiger partial charge in [-0.15, -0.1) is 11.3 Å². The van der Waals surface area contributed by atoms with Gasteiger partial charge < -0.3 is 10.0 Å². The van der Waals surface area contributed by atoms with Crippen LogP contribution in [-0.2, 0) is 14.6 Å². The van der Waals surface area contributed by atoms with Crippen LogP contribution in [0.4, 0.5) is 0 Å². The molecule has 22 heavy (non-hydrogen) atoms. The van der Waals surface area contributed by atoms with Gasteiger partial charge in [0, 0.05) is 11.2 Å². The van der Waals surface area contributed by atoms with E-state index in [9.17, 15) is 23.1 Å². The zero-order valence-corrected chi connectivity index (χ0v) is 13.1. The van der Waals surface area contributed by atoms with Crippen molar-refractivity contribution in [2.24, 2.45) is 0 Å². The number of carboxylic acids is 1. The van der Waals surface area contributed by atoms with Gasteiger partial charge in [0.05, 0.1) is 16.4 Å². The number of hydrogen-bond donors (Lipinski definition) is 1. The first kappa shape index (κ1) is 15.0. The van der Waals surface area contributed by atoms with Gasteiger partial charge in [0.2, 0.25) is 0 Å². The Labute approximate surface area is 130 Å². The summed E-state index contributed by atoms with van der Waals surface area (Å²) in [7, 11) is -3.42. The van der Waals surface area contributed by atoms with E-state index in [1.54, 1.807) is 6.07 Å². The minimum absolute atomic E-state index is 0.0909. The molecule has 8 heteroatoms. The molecule has 1 unspecified atom stereocenters. The minimum Gasteiger partial charge on any atom is -0.480 e. The number of sulfone groups is 1. The normalized spacial score (nSPS) is 20.9. The summed E-state index contributed by atoms with van der Waals surface area (Å²) in [5.74, 6) is -2.45. The summed E-state index contributed by atoms with van der Waals surface area (Å²) in [4.78, 5) is 25.4. The lowest BCUT2D eigenvalue weighted by atomic mass is 10.2. The number of hydrogen-bond acceptors (Lipinski definition) is 5. The van der Waals surface area contributed by atoms with Crippen molar-refractivity contribution in [3.05, 3.63) is 35.2 Å². The molecule has 2 heterocycles. The Kier molecular flexibility index (Phi) is 3.65. The van der Waals surface area contributed by atoms with Gasteiger partial charge in [-0.3, -0.25) is 4.79 Å². The largest absolute Gasteiger partial charge is 0.480 e. The molecule has 0 aliphatic carbocycles. The third-order valence-electron chi connectivity index (χ3n) is 3.61. The number of thiophene rings is 1. The van der Waals surface area contributed by atoms with Gasteiger partial charge in [-0.25, -0.2) is 13.2 Å². The van der Waals surface area contributed by atoms with Crippen LogP contribution < -0.4 is 0 Å². The maximum atomic E-state index is 12.6. The third-order valence-corrected chi connectivity index (χ3v) is 6.35. The van der Waals surface area contributed by atoms with Crippen LogP contribution in [0.15, 0.2) is 30.3 Å². The van der Waals surface area contributed by atoms with E-state index in [4.69, 9.17) is 0 Å². The van der Waals surface area contributed by atoms with Crippen molar-refractivity contribution in [1.82, 2.24) is 4.90 Å². The van der Waals surface area contributed by atoms with Gasteiger partial charge in [-0.05, 0) is 17.5 Å². The van der Waals surface area contributed by atoms with Crippen molar-refractivity contribution in [2.75, 3.05) is 18.1 Å². The molecule has 1 aromatic heterocycles. The number of carbonyl (C=O) groups is 2. The first-order valence-electron chi connectivity index (χ1n) is 6.60. The summed E-state index contributed by atoms with van der Waals surface area (Å²) in [6, 6.07) is 7.86. The average molecular weight is 339 g/mol. The second-order valence-electron chi connectivity index (χ2n) is 5.12. The summed E-state index contributed by atoms with van der Waals surface area (Å²) in [6.45, 7) is -0.0909. The number of carbonyl (C=O) groups excluding carboxylic acids is 1. The fraction of sp³-hybridized carbons (Fsp3) is 0.286. The summed E-state index contributed by atoms with van der Waals surface area (Å²) in [5.41, 5.74) is 0. The summed E-state index contributed by atoms with van der Waals surface area (Å²) in [5, 5.41) is 10.1. The van der Waals surface area contributed by atoms with Crippen LogP contribution in [0.1, 0.15) is 9.67 Å². The van der Waals surface area contributed by atoms with E-state index in [1.165, 1.54) is 11.3 Å². The molecule has 0 spiro atoms. The SMILES string of the molecule is O=C(O)C1CS(=O)(=O)CCN1C(=O)c1cc2ccccc2s1. The predicted octanol–water partition coefficient (Wildman–Crippen LogP) is 1.23. The standard InChI is InChI=1S/C14H13NO5S2/c16-13(12-7-9-3-1-2-4-11(9)21-12)15-5-6-22(19,20)8-10(15)14(17)18/h1-4,7,10H,5-6,8H2,(H,17,18). The third kappa shape index (κ3) is 2.71. The fourth-order valence-corrected chi connectivity index (χ4v) is 4.95. The monoisotopic (exact) mass is 339 g/mol. The van der Waals surface area contributed by atoms with E-state index >= 15 is 0 Å². The van der Waals surface area contributed by atoms with E-state index in [0.29, 0.717) is 4.88 Å². The van der Waals surface area contributed by atoms with E-state index < -0.39 is 33.5 Å². The highest BCUT2D eigenvalue weighted by Gasteiger charge is 2.39. The van der Waals surface area contributed by atoms with Crippen LogP contribution in [0.3, 0.4) is 0 Å². The van der Waals surface area contributed by atoms with Gasteiger partial charge in [0.15, 0.2) is 9.84 Å². The first-order valence-corrected chi connectivity index (χ1v) is 9.24. The molecule has 2 aromatic rings. The lowest BCUT2D eigenvalue weighted by molar-refractivity contribution is -0.141. The molecule has 0 bridgehead atoms. The van der Waals surface area contributed by atoms with E-state index in [2.05, 4.69) is 0 Å². The molecule has 6 nitrogen and oxygen atoms in total. The van der Waals surface area contributed by atoms with Crippen LogP contribution in [0.2, 0.25) is 0 Å². The molecule has 1 aliphatic rings. The maximum Gasteiger partial charge on any atom is 0.327 e. The minimum atomic E-state index is -3.42.